The van der Waals surface area contributed by atoms with Gasteiger partial charge in [0.2, 0.25) is 0 Å². The Morgan fingerprint density at radius 1 is 0.769 bits per heavy atom. The maximum Gasteiger partial charge on any atom is 0.126 e. The Morgan fingerprint density at radius 2 is 1.54 bits per heavy atom. The van der Waals surface area contributed by atoms with E-state index in [1.165, 1.54) is 16.5 Å². The molecule has 3 aromatic carbocycles. The van der Waals surface area contributed by atoms with Crippen molar-refractivity contribution in [2.75, 3.05) is 14.2 Å². The summed E-state index contributed by atoms with van der Waals surface area (Å²) in [5.74, 6) is 1.67. The van der Waals surface area contributed by atoms with Crippen molar-refractivity contribution in [2.24, 2.45) is 0 Å². The fourth-order valence-electron chi connectivity index (χ4n) is 3.56. The van der Waals surface area contributed by atoms with Gasteiger partial charge in [-0.05, 0) is 23.3 Å². The Balaban J connectivity index is 1.96. The largest absolute Gasteiger partial charge is 0.497 e. The lowest BCUT2D eigenvalue weighted by Crippen LogP contribution is -2.05. The smallest absolute Gasteiger partial charge is 0.126 e. The van der Waals surface area contributed by atoms with Gasteiger partial charge in [0.05, 0.1) is 14.2 Å². The number of hydrogen-bond donors (Lipinski definition) is 1. The molecule has 0 fully saturated rings. The van der Waals surface area contributed by atoms with Gasteiger partial charge in [-0.25, -0.2) is 0 Å². The van der Waals surface area contributed by atoms with E-state index < -0.39 is 0 Å². The summed E-state index contributed by atoms with van der Waals surface area (Å²) in [4.78, 5) is 3.40. The second-order valence-electron chi connectivity index (χ2n) is 6.24. The second-order valence-corrected chi connectivity index (χ2v) is 6.24. The van der Waals surface area contributed by atoms with Gasteiger partial charge < -0.3 is 14.5 Å². The Bertz CT molecular complexity index is 1020. The lowest BCUT2D eigenvalue weighted by atomic mass is 9.84. The molecule has 1 heterocycles. The van der Waals surface area contributed by atoms with Crippen molar-refractivity contribution in [3.05, 3.63) is 95.7 Å². The van der Waals surface area contributed by atoms with Crippen LogP contribution in [0.15, 0.2) is 79.0 Å². The summed E-state index contributed by atoms with van der Waals surface area (Å²) >= 11 is 0. The van der Waals surface area contributed by atoms with Crippen LogP contribution in [0.2, 0.25) is 0 Å². The Kier molecular flexibility index (Phi) is 4.36. The first-order valence-electron chi connectivity index (χ1n) is 8.64. The van der Waals surface area contributed by atoms with Gasteiger partial charge in [-0.15, -0.1) is 0 Å². The molecule has 4 aromatic rings. The molecule has 4 rings (SSSR count). The molecule has 130 valence electrons. The fraction of sp³-hybridized carbons (Fsp3) is 0.130. The van der Waals surface area contributed by atoms with Gasteiger partial charge in [-0.2, -0.15) is 0 Å². The quantitative estimate of drug-likeness (QED) is 0.529. The standard InChI is InChI=1S/C23H21NO2/c1-25-17-12-13-19(22(14-17)26-2)23(16-8-4-3-5-9-16)20-15-24-21-11-7-6-10-18(20)21/h3-15,23-24H,1-2H3. The minimum Gasteiger partial charge on any atom is -0.497 e. The van der Waals surface area contributed by atoms with Crippen molar-refractivity contribution in [1.29, 1.82) is 0 Å². The average Bonchev–Trinajstić information content (AvgIpc) is 3.13. The number of nitrogens with one attached hydrogen (secondary N) is 1. The molecule has 0 spiro atoms. The van der Waals surface area contributed by atoms with Crippen LogP contribution in [0.25, 0.3) is 10.9 Å². The van der Waals surface area contributed by atoms with Crippen molar-refractivity contribution in [3.63, 3.8) is 0 Å². The molecule has 0 amide bonds. The van der Waals surface area contributed by atoms with Crippen LogP contribution in [-0.4, -0.2) is 19.2 Å². The Hall–Kier alpha value is -3.20. The summed E-state index contributed by atoms with van der Waals surface area (Å²) in [6, 6.07) is 24.9. The number of methoxy groups -OCH3 is 2. The summed E-state index contributed by atoms with van der Waals surface area (Å²) in [5, 5.41) is 1.22. The Morgan fingerprint density at radius 3 is 2.31 bits per heavy atom. The van der Waals surface area contributed by atoms with E-state index in [2.05, 4.69) is 59.7 Å². The first-order valence-corrected chi connectivity index (χ1v) is 8.64. The highest BCUT2D eigenvalue weighted by molar-refractivity contribution is 5.85. The molecule has 1 unspecified atom stereocenters. The van der Waals surface area contributed by atoms with Gasteiger partial charge in [0, 0.05) is 34.6 Å². The van der Waals surface area contributed by atoms with E-state index in [1.54, 1.807) is 14.2 Å². The zero-order valence-electron chi connectivity index (χ0n) is 14.9. The molecule has 3 nitrogen and oxygen atoms in total. The van der Waals surface area contributed by atoms with E-state index in [4.69, 9.17) is 9.47 Å². The molecule has 1 N–H and O–H groups in total. The molecule has 0 aliphatic carbocycles. The molecule has 1 atom stereocenters. The molecule has 0 saturated carbocycles. The zero-order valence-corrected chi connectivity index (χ0v) is 14.9. The number of H-pyrrole nitrogens is 1. The van der Waals surface area contributed by atoms with Crippen molar-refractivity contribution >= 4 is 10.9 Å². The lowest BCUT2D eigenvalue weighted by Gasteiger charge is -2.21. The number of aromatic amines is 1. The molecule has 0 radical (unpaired) electrons. The normalized spacial score (nSPS) is 12.1. The SMILES string of the molecule is COc1ccc(C(c2ccccc2)c2c[nH]c3ccccc23)c(OC)c1. The van der Waals surface area contributed by atoms with Crippen molar-refractivity contribution < 1.29 is 9.47 Å². The summed E-state index contributed by atoms with van der Waals surface area (Å²) in [5.41, 5.74) is 4.70. The Labute approximate surface area is 153 Å². The van der Waals surface area contributed by atoms with Crippen LogP contribution in [0, 0.1) is 0 Å². The van der Waals surface area contributed by atoms with E-state index in [0.717, 1.165) is 22.6 Å². The number of aromatic nitrogens is 1. The minimum absolute atomic E-state index is 0.0632. The van der Waals surface area contributed by atoms with Gasteiger partial charge in [0.25, 0.3) is 0 Å². The highest BCUT2D eigenvalue weighted by atomic mass is 16.5. The lowest BCUT2D eigenvalue weighted by molar-refractivity contribution is 0.390. The van der Waals surface area contributed by atoms with Crippen LogP contribution in [-0.2, 0) is 0 Å². The van der Waals surface area contributed by atoms with Gasteiger partial charge in [-0.3, -0.25) is 0 Å². The third-order valence-corrected chi connectivity index (χ3v) is 4.82. The maximum atomic E-state index is 5.71. The topological polar surface area (TPSA) is 34.2 Å². The van der Waals surface area contributed by atoms with E-state index in [-0.39, 0.29) is 5.92 Å². The van der Waals surface area contributed by atoms with E-state index >= 15 is 0 Å². The van der Waals surface area contributed by atoms with Crippen LogP contribution in [0.3, 0.4) is 0 Å². The molecular formula is C23H21NO2. The van der Waals surface area contributed by atoms with Gasteiger partial charge in [-0.1, -0.05) is 54.6 Å². The van der Waals surface area contributed by atoms with Crippen LogP contribution < -0.4 is 9.47 Å². The number of fused-ring (bicyclic) bond motifs is 1. The molecule has 1 aromatic heterocycles. The minimum atomic E-state index is 0.0632. The predicted molar refractivity (Wildman–Crippen MR) is 105 cm³/mol. The number of para-hydroxylation sites is 1. The number of rotatable bonds is 5. The summed E-state index contributed by atoms with van der Waals surface area (Å²) in [6.07, 6.45) is 2.10. The molecule has 0 saturated heterocycles. The van der Waals surface area contributed by atoms with E-state index in [0.29, 0.717) is 0 Å². The first kappa shape index (κ1) is 16.3. The monoisotopic (exact) mass is 343 g/mol. The van der Waals surface area contributed by atoms with Gasteiger partial charge >= 0.3 is 0 Å². The third kappa shape index (κ3) is 2.82. The van der Waals surface area contributed by atoms with Crippen molar-refractivity contribution in [2.45, 2.75) is 5.92 Å². The third-order valence-electron chi connectivity index (χ3n) is 4.82. The molecule has 0 bridgehead atoms. The van der Waals surface area contributed by atoms with Gasteiger partial charge in [0.1, 0.15) is 11.5 Å². The maximum absolute atomic E-state index is 5.71. The van der Waals surface area contributed by atoms with Crippen LogP contribution in [0.4, 0.5) is 0 Å². The van der Waals surface area contributed by atoms with E-state index in [1.807, 2.05) is 24.3 Å². The zero-order chi connectivity index (χ0) is 17.9. The highest BCUT2D eigenvalue weighted by Gasteiger charge is 2.23. The van der Waals surface area contributed by atoms with Crippen LogP contribution >= 0.6 is 0 Å². The van der Waals surface area contributed by atoms with E-state index in [9.17, 15) is 0 Å². The summed E-state index contributed by atoms with van der Waals surface area (Å²) < 4.78 is 11.1. The molecule has 26 heavy (non-hydrogen) atoms. The number of hydrogen-bond acceptors (Lipinski definition) is 2. The number of ether oxygens (including phenoxy) is 2. The van der Waals surface area contributed by atoms with Crippen LogP contribution in [0.5, 0.6) is 11.5 Å². The molecule has 0 aliphatic rings. The molecule has 0 aliphatic heterocycles. The predicted octanol–water partition coefficient (Wildman–Crippen LogP) is 5.37. The fourth-order valence-corrected chi connectivity index (χ4v) is 3.56. The summed E-state index contributed by atoms with van der Waals surface area (Å²) in [7, 11) is 3.37. The van der Waals surface area contributed by atoms with Crippen molar-refractivity contribution in [1.82, 2.24) is 4.98 Å². The highest BCUT2D eigenvalue weighted by Crippen LogP contribution is 2.41. The molecule has 3 heteroatoms. The summed E-state index contributed by atoms with van der Waals surface area (Å²) in [6.45, 7) is 0. The van der Waals surface area contributed by atoms with Crippen LogP contribution in [0.1, 0.15) is 22.6 Å². The first-order chi connectivity index (χ1) is 12.8. The van der Waals surface area contributed by atoms with Crippen molar-refractivity contribution in [3.8, 4) is 11.5 Å². The average molecular weight is 343 g/mol. The second kappa shape index (κ2) is 6.96. The molecular weight excluding hydrogens is 322 g/mol. The number of benzene rings is 3. The van der Waals surface area contributed by atoms with Gasteiger partial charge in [0.15, 0.2) is 0 Å².